The normalized spacial score (nSPS) is 25.3. The summed E-state index contributed by atoms with van der Waals surface area (Å²) in [6.07, 6.45) is 4.14. The van der Waals surface area contributed by atoms with E-state index in [1.165, 1.54) is 12.1 Å². The van der Waals surface area contributed by atoms with Gasteiger partial charge in [-0.25, -0.2) is 18.7 Å². The van der Waals surface area contributed by atoms with E-state index in [0.29, 0.717) is 55.4 Å². The zero-order valence-corrected chi connectivity index (χ0v) is 26.3. The summed E-state index contributed by atoms with van der Waals surface area (Å²) in [5.41, 5.74) is 3.24. The lowest BCUT2D eigenvalue weighted by Crippen LogP contribution is -2.52. The van der Waals surface area contributed by atoms with Gasteiger partial charge < -0.3 is 29.8 Å². The van der Waals surface area contributed by atoms with Crippen LogP contribution in [-0.2, 0) is 22.6 Å². The van der Waals surface area contributed by atoms with E-state index in [9.17, 15) is 14.0 Å². The summed E-state index contributed by atoms with van der Waals surface area (Å²) in [7, 11) is 1.61. The lowest BCUT2D eigenvalue weighted by Gasteiger charge is -2.27. The SMILES string of the molecule is COCCn1c(-c2cc3ccc4nc3n2CCCCC[C@@H]2C[C@H]2C(=O)N[C@@H]4C)nc2cc(C(=O)NC3CNCC[C@@H]3F)c(F)cc21. The molecular weight excluding hydrogens is 592 g/mol. The van der Waals surface area contributed by atoms with Crippen LogP contribution in [0.1, 0.15) is 67.5 Å². The predicted molar refractivity (Wildman–Crippen MR) is 171 cm³/mol. The number of carbonyl (C=O) groups is 2. The van der Waals surface area contributed by atoms with Crippen molar-refractivity contribution in [2.45, 2.75) is 76.8 Å². The van der Waals surface area contributed by atoms with Crippen molar-refractivity contribution in [2.24, 2.45) is 11.8 Å². The second-order valence-electron chi connectivity index (χ2n) is 13.0. The molecule has 1 aliphatic carbocycles. The molecule has 5 heterocycles. The van der Waals surface area contributed by atoms with Crippen molar-refractivity contribution in [3.63, 3.8) is 0 Å². The van der Waals surface area contributed by atoms with Gasteiger partial charge in [-0.3, -0.25) is 9.59 Å². The van der Waals surface area contributed by atoms with E-state index in [2.05, 4.69) is 26.6 Å². The maximum absolute atomic E-state index is 15.6. The highest BCUT2D eigenvalue weighted by atomic mass is 19.1. The summed E-state index contributed by atoms with van der Waals surface area (Å²) < 4.78 is 39.5. The number of piperidine rings is 1. The lowest BCUT2D eigenvalue weighted by atomic mass is 10.0. The van der Waals surface area contributed by atoms with E-state index < -0.39 is 23.9 Å². The Labute approximate surface area is 266 Å². The van der Waals surface area contributed by atoms with Crippen LogP contribution < -0.4 is 16.0 Å². The summed E-state index contributed by atoms with van der Waals surface area (Å²) >= 11 is 0. The second kappa shape index (κ2) is 12.7. The van der Waals surface area contributed by atoms with Crippen molar-refractivity contribution in [1.29, 1.82) is 0 Å². The number of aryl methyl sites for hydroxylation is 1. The number of methoxy groups -OCH3 is 1. The van der Waals surface area contributed by atoms with Gasteiger partial charge in [-0.15, -0.1) is 0 Å². The van der Waals surface area contributed by atoms with Crippen molar-refractivity contribution >= 4 is 33.9 Å². The maximum Gasteiger partial charge on any atom is 0.254 e. The first-order chi connectivity index (χ1) is 22.3. The van der Waals surface area contributed by atoms with Gasteiger partial charge in [0.25, 0.3) is 5.91 Å². The Morgan fingerprint density at radius 3 is 2.85 bits per heavy atom. The van der Waals surface area contributed by atoms with Crippen molar-refractivity contribution in [3.05, 3.63) is 47.4 Å². The predicted octanol–water partition coefficient (Wildman–Crippen LogP) is 4.66. The number of halogens is 2. The van der Waals surface area contributed by atoms with Gasteiger partial charge in [0.05, 0.1) is 46.7 Å². The Bertz CT molecular complexity index is 1790. The van der Waals surface area contributed by atoms with Crippen LogP contribution in [0.4, 0.5) is 8.78 Å². The van der Waals surface area contributed by atoms with Crippen LogP contribution in [-0.4, -0.2) is 69.9 Å². The van der Waals surface area contributed by atoms with E-state index in [1.807, 2.05) is 23.6 Å². The minimum Gasteiger partial charge on any atom is -0.383 e. The summed E-state index contributed by atoms with van der Waals surface area (Å²) in [6.45, 7) is 4.31. The Hall–Kier alpha value is -3.90. The van der Waals surface area contributed by atoms with Gasteiger partial charge in [0, 0.05) is 44.1 Å². The molecule has 12 heteroatoms. The highest BCUT2D eigenvalue weighted by molar-refractivity contribution is 5.98. The van der Waals surface area contributed by atoms with Crippen LogP contribution in [0, 0.1) is 17.7 Å². The fourth-order valence-electron chi connectivity index (χ4n) is 7.07. The van der Waals surface area contributed by atoms with Gasteiger partial charge in [-0.05, 0) is 69.3 Å². The molecule has 0 radical (unpaired) electrons. The third kappa shape index (κ3) is 5.88. The van der Waals surface area contributed by atoms with E-state index >= 15 is 4.39 Å². The van der Waals surface area contributed by atoms with E-state index in [1.54, 1.807) is 7.11 Å². The number of carbonyl (C=O) groups excluding carboxylic acids is 2. The van der Waals surface area contributed by atoms with Crippen LogP contribution in [0.15, 0.2) is 30.3 Å². The highest BCUT2D eigenvalue weighted by Crippen LogP contribution is 2.43. The summed E-state index contributed by atoms with van der Waals surface area (Å²) in [6, 6.07) is 7.85. The van der Waals surface area contributed by atoms with E-state index in [0.717, 1.165) is 61.1 Å². The topological polar surface area (TPSA) is 115 Å². The molecule has 4 aromatic rings. The van der Waals surface area contributed by atoms with Crippen LogP contribution in [0.3, 0.4) is 0 Å². The standard InChI is InChI=1S/C34H41F2N7O3/c1-19-26-8-7-21-15-30(42(31(21)39-26)11-5-3-4-6-20-14-22(20)33(44)38-19)32-40-27-16-23(25(36)17-29(27)43(32)12-13-46-2)34(45)41-28-18-37-10-9-24(28)35/h7-8,15-17,19-20,22,24,28,37H,3-6,9-14,18H2,1-2H3,(H,38,44)(H,41,45)/t19-,20-,22-,24+,28?/m1/s1. The first-order valence-corrected chi connectivity index (χ1v) is 16.5. The summed E-state index contributed by atoms with van der Waals surface area (Å²) in [5.74, 6) is -0.0511. The van der Waals surface area contributed by atoms with Gasteiger partial charge in [-0.2, -0.15) is 0 Å². The number of nitrogens with one attached hydrogen (secondary N) is 3. The fraction of sp³-hybridized carbons (Fsp3) is 0.529. The molecule has 10 nitrogen and oxygen atoms in total. The minimum absolute atomic E-state index is 0.111. The Morgan fingerprint density at radius 1 is 1.15 bits per heavy atom. The molecule has 244 valence electrons. The van der Waals surface area contributed by atoms with Crippen molar-refractivity contribution in [3.8, 4) is 11.5 Å². The smallest absolute Gasteiger partial charge is 0.254 e. The molecule has 2 fully saturated rings. The molecule has 7 rings (SSSR count). The number of rotatable bonds is 6. The first-order valence-electron chi connectivity index (χ1n) is 16.5. The van der Waals surface area contributed by atoms with Crippen LogP contribution in [0.2, 0.25) is 0 Å². The molecule has 1 saturated carbocycles. The largest absolute Gasteiger partial charge is 0.383 e. The first kappa shape index (κ1) is 30.7. The number of nitrogens with zero attached hydrogens (tertiary/aromatic N) is 4. The zero-order chi connectivity index (χ0) is 31.9. The molecule has 3 aromatic heterocycles. The quantitative estimate of drug-likeness (QED) is 0.285. The summed E-state index contributed by atoms with van der Waals surface area (Å²) in [5, 5.41) is 9.84. The molecule has 2 amide bonds. The fourth-order valence-corrected chi connectivity index (χ4v) is 7.07. The Balaban J connectivity index is 1.29. The van der Waals surface area contributed by atoms with Gasteiger partial charge in [0.15, 0.2) is 5.82 Å². The molecular formula is C34H41F2N7O3. The molecule has 1 unspecified atom stereocenters. The number of alkyl halides is 1. The zero-order valence-electron chi connectivity index (χ0n) is 26.3. The average Bonchev–Trinajstić information content (AvgIpc) is 3.62. The molecule has 2 bridgehead atoms. The molecule has 3 aliphatic rings. The number of benzene rings is 1. The molecule has 2 aliphatic heterocycles. The molecule has 5 atom stereocenters. The molecule has 0 spiro atoms. The third-order valence-electron chi connectivity index (χ3n) is 9.83. The number of ether oxygens (including phenoxy) is 1. The maximum atomic E-state index is 15.6. The van der Waals surface area contributed by atoms with Crippen molar-refractivity contribution < 1.29 is 23.1 Å². The number of pyridine rings is 1. The number of imidazole rings is 1. The monoisotopic (exact) mass is 633 g/mol. The second-order valence-corrected chi connectivity index (χ2v) is 13.0. The van der Waals surface area contributed by atoms with Crippen molar-refractivity contribution in [2.75, 3.05) is 26.8 Å². The van der Waals surface area contributed by atoms with E-state index in [4.69, 9.17) is 14.7 Å². The number of hydrogen-bond acceptors (Lipinski definition) is 6. The number of aromatic nitrogens is 4. The van der Waals surface area contributed by atoms with Gasteiger partial charge in [-0.1, -0.05) is 12.8 Å². The number of amides is 2. The molecule has 1 aromatic carbocycles. The van der Waals surface area contributed by atoms with Crippen molar-refractivity contribution in [1.82, 2.24) is 35.1 Å². The highest BCUT2D eigenvalue weighted by Gasteiger charge is 2.42. The average molecular weight is 634 g/mol. The van der Waals surface area contributed by atoms with Crippen LogP contribution in [0.5, 0.6) is 0 Å². The molecule has 1 saturated heterocycles. The van der Waals surface area contributed by atoms with Gasteiger partial charge in [0.2, 0.25) is 5.91 Å². The van der Waals surface area contributed by atoms with Crippen LogP contribution >= 0.6 is 0 Å². The number of hydrogen-bond donors (Lipinski definition) is 3. The summed E-state index contributed by atoms with van der Waals surface area (Å²) in [4.78, 5) is 36.0. The van der Waals surface area contributed by atoms with Crippen LogP contribution in [0.25, 0.3) is 33.6 Å². The Kier molecular flexibility index (Phi) is 8.50. The number of fused-ring (bicyclic) bond motifs is 3. The third-order valence-corrected chi connectivity index (χ3v) is 9.83. The van der Waals surface area contributed by atoms with Gasteiger partial charge in [0.1, 0.15) is 17.6 Å². The van der Waals surface area contributed by atoms with Gasteiger partial charge >= 0.3 is 0 Å². The van der Waals surface area contributed by atoms with E-state index in [-0.39, 0.29) is 23.4 Å². The molecule has 46 heavy (non-hydrogen) atoms. The Morgan fingerprint density at radius 2 is 2.02 bits per heavy atom. The lowest BCUT2D eigenvalue weighted by molar-refractivity contribution is -0.123. The minimum atomic E-state index is -1.19. The molecule has 3 N–H and O–H groups in total.